The second kappa shape index (κ2) is 6.71. The van der Waals surface area contributed by atoms with Gasteiger partial charge in [0.1, 0.15) is 11.3 Å². The van der Waals surface area contributed by atoms with Gasteiger partial charge in [0.2, 0.25) is 5.43 Å². The monoisotopic (exact) mass is 351 g/mol. The van der Waals surface area contributed by atoms with E-state index in [1.54, 1.807) is 0 Å². The average molecular weight is 351 g/mol. The second-order valence-electron chi connectivity index (χ2n) is 6.68. The molecule has 3 aromatic rings. The summed E-state index contributed by atoms with van der Waals surface area (Å²) in [5.41, 5.74) is 0.177. The van der Waals surface area contributed by atoms with Crippen LogP contribution in [0.5, 0.6) is 0 Å². The van der Waals surface area contributed by atoms with Gasteiger partial charge >= 0.3 is 0 Å². The fourth-order valence-electron chi connectivity index (χ4n) is 3.15. The van der Waals surface area contributed by atoms with E-state index >= 15 is 0 Å². The van der Waals surface area contributed by atoms with Crippen LogP contribution in [0.3, 0.4) is 0 Å². The van der Waals surface area contributed by atoms with Crippen molar-refractivity contribution >= 4 is 16.8 Å². The van der Waals surface area contributed by atoms with E-state index in [9.17, 15) is 14.0 Å². The molecule has 1 unspecified atom stereocenters. The van der Waals surface area contributed by atoms with E-state index in [4.69, 9.17) is 0 Å². The SMILES string of the molecule is O=C(NC(CC1CC1)c1ccccc1)c1n[nH]c2c(F)cccc2c1=O. The number of aromatic amines is 1. The van der Waals surface area contributed by atoms with Crippen molar-refractivity contribution in [3.63, 3.8) is 0 Å². The fourth-order valence-corrected chi connectivity index (χ4v) is 3.15. The van der Waals surface area contributed by atoms with Crippen molar-refractivity contribution in [2.24, 2.45) is 5.92 Å². The minimum absolute atomic E-state index is 0.00615. The Morgan fingerprint density at radius 3 is 2.69 bits per heavy atom. The Bertz CT molecular complexity index is 1010. The molecule has 6 heteroatoms. The molecule has 1 heterocycles. The van der Waals surface area contributed by atoms with Crippen LogP contribution in [0, 0.1) is 11.7 Å². The number of aromatic nitrogens is 2. The highest BCUT2D eigenvalue weighted by Gasteiger charge is 2.28. The zero-order chi connectivity index (χ0) is 18.1. The van der Waals surface area contributed by atoms with Gasteiger partial charge in [0.25, 0.3) is 5.91 Å². The molecule has 26 heavy (non-hydrogen) atoms. The van der Waals surface area contributed by atoms with Crippen LogP contribution in [0.1, 0.15) is 41.4 Å². The third-order valence-electron chi connectivity index (χ3n) is 4.74. The van der Waals surface area contributed by atoms with Crippen molar-refractivity contribution in [2.75, 3.05) is 0 Å². The molecule has 132 valence electrons. The van der Waals surface area contributed by atoms with Crippen LogP contribution in [0.25, 0.3) is 10.9 Å². The molecule has 2 aromatic carbocycles. The number of nitrogens with zero attached hydrogens (tertiary/aromatic N) is 1. The van der Waals surface area contributed by atoms with Gasteiger partial charge in [-0.05, 0) is 30.0 Å². The molecule has 0 saturated heterocycles. The lowest BCUT2D eigenvalue weighted by Gasteiger charge is -2.18. The van der Waals surface area contributed by atoms with Crippen LogP contribution >= 0.6 is 0 Å². The molecule has 1 amide bonds. The van der Waals surface area contributed by atoms with Gasteiger partial charge in [0.05, 0.1) is 11.4 Å². The number of amides is 1. The first-order valence-electron chi connectivity index (χ1n) is 8.66. The molecule has 0 bridgehead atoms. The topological polar surface area (TPSA) is 74.8 Å². The molecule has 5 nitrogen and oxygen atoms in total. The van der Waals surface area contributed by atoms with Gasteiger partial charge in [-0.1, -0.05) is 49.2 Å². The van der Waals surface area contributed by atoms with Crippen LogP contribution in [-0.2, 0) is 0 Å². The van der Waals surface area contributed by atoms with Crippen LogP contribution in [0.15, 0.2) is 53.3 Å². The van der Waals surface area contributed by atoms with Crippen molar-refractivity contribution in [1.82, 2.24) is 15.5 Å². The molecule has 1 fully saturated rings. The lowest BCUT2D eigenvalue weighted by atomic mass is 10.0. The molecule has 0 spiro atoms. The van der Waals surface area contributed by atoms with Gasteiger partial charge in [-0.3, -0.25) is 14.7 Å². The lowest BCUT2D eigenvalue weighted by molar-refractivity contribution is 0.0926. The average Bonchev–Trinajstić information content (AvgIpc) is 3.47. The smallest absolute Gasteiger partial charge is 0.276 e. The molecule has 4 rings (SSSR count). The summed E-state index contributed by atoms with van der Waals surface area (Å²) >= 11 is 0. The van der Waals surface area contributed by atoms with E-state index in [-0.39, 0.29) is 22.6 Å². The standard InChI is InChI=1S/C20H18FN3O2/c21-15-8-4-7-14-17(15)23-24-18(19(14)25)20(26)22-16(11-12-9-10-12)13-5-2-1-3-6-13/h1-8,12,16H,9-11H2,(H,22,26)(H,23,25). The Hall–Kier alpha value is -3.02. The highest BCUT2D eigenvalue weighted by atomic mass is 19.1. The summed E-state index contributed by atoms with van der Waals surface area (Å²) in [6.07, 6.45) is 3.15. The first-order chi connectivity index (χ1) is 12.6. The maximum Gasteiger partial charge on any atom is 0.276 e. The van der Waals surface area contributed by atoms with Crippen LogP contribution in [0.2, 0.25) is 0 Å². The number of carbonyl (C=O) groups is 1. The molecule has 1 aromatic heterocycles. The summed E-state index contributed by atoms with van der Waals surface area (Å²) in [7, 11) is 0. The van der Waals surface area contributed by atoms with Crippen LogP contribution in [-0.4, -0.2) is 16.1 Å². The van der Waals surface area contributed by atoms with Gasteiger partial charge in [-0.2, -0.15) is 5.10 Å². The summed E-state index contributed by atoms with van der Waals surface area (Å²) in [6, 6.07) is 13.7. The Morgan fingerprint density at radius 2 is 1.96 bits per heavy atom. The zero-order valence-corrected chi connectivity index (χ0v) is 14.0. The third kappa shape index (κ3) is 3.22. The first kappa shape index (κ1) is 16.4. The van der Waals surface area contributed by atoms with Crippen LogP contribution in [0.4, 0.5) is 4.39 Å². The predicted octanol–water partition coefficient (Wildman–Crippen LogP) is 3.33. The number of hydrogen-bond acceptors (Lipinski definition) is 3. The highest BCUT2D eigenvalue weighted by molar-refractivity contribution is 5.95. The van der Waals surface area contributed by atoms with Gasteiger partial charge in [-0.25, -0.2) is 4.39 Å². The third-order valence-corrected chi connectivity index (χ3v) is 4.74. The number of H-pyrrole nitrogens is 1. The number of benzene rings is 2. The first-order valence-corrected chi connectivity index (χ1v) is 8.66. The number of fused-ring (bicyclic) bond motifs is 1. The maximum absolute atomic E-state index is 13.8. The van der Waals surface area contributed by atoms with E-state index < -0.39 is 17.2 Å². The van der Waals surface area contributed by atoms with Crippen LogP contribution < -0.4 is 10.7 Å². The van der Waals surface area contributed by atoms with E-state index in [1.807, 2.05) is 30.3 Å². The summed E-state index contributed by atoms with van der Waals surface area (Å²) in [5, 5.41) is 9.35. The number of hydrogen-bond donors (Lipinski definition) is 2. The quantitative estimate of drug-likeness (QED) is 0.740. The molecule has 1 aliphatic rings. The Labute approximate surface area is 149 Å². The van der Waals surface area contributed by atoms with Gasteiger partial charge in [-0.15, -0.1) is 0 Å². The van der Waals surface area contributed by atoms with Gasteiger partial charge in [0.15, 0.2) is 5.69 Å². The summed E-state index contributed by atoms with van der Waals surface area (Å²) in [6.45, 7) is 0. The number of rotatable bonds is 5. The van der Waals surface area contributed by atoms with Crippen molar-refractivity contribution in [1.29, 1.82) is 0 Å². The largest absolute Gasteiger partial charge is 0.344 e. The Morgan fingerprint density at radius 1 is 1.19 bits per heavy atom. The molecular weight excluding hydrogens is 333 g/mol. The summed E-state index contributed by atoms with van der Waals surface area (Å²) in [5.74, 6) is -0.528. The number of para-hydroxylation sites is 1. The molecule has 1 atom stereocenters. The van der Waals surface area contributed by atoms with E-state index in [0.717, 1.165) is 24.8 Å². The lowest BCUT2D eigenvalue weighted by Crippen LogP contribution is -2.34. The van der Waals surface area contributed by atoms with E-state index in [1.165, 1.54) is 18.2 Å². The molecule has 1 saturated carbocycles. The molecule has 0 aliphatic heterocycles. The fraction of sp³-hybridized carbons (Fsp3) is 0.250. The Balaban J connectivity index is 1.65. The number of carbonyl (C=O) groups excluding carboxylic acids is 1. The second-order valence-corrected chi connectivity index (χ2v) is 6.68. The molecule has 0 radical (unpaired) electrons. The summed E-state index contributed by atoms with van der Waals surface area (Å²) < 4.78 is 13.8. The number of halogens is 1. The van der Waals surface area contributed by atoms with Gasteiger partial charge in [0, 0.05) is 0 Å². The molecule has 2 N–H and O–H groups in total. The highest BCUT2D eigenvalue weighted by Crippen LogP contribution is 2.37. The van der Waals surface area contributed by atoms with Crippen molar-refractivity contribution in [2.45, 2.75) is 25.3 Å². The Kier molecular flexibility index (Phi) is 4.24. The minimum atomic E-state index is -0.575. The van der Waals surface area contributed by atoms with Crippen molar-refractivity contribution in [3.8, 4) is 0 Å². The number of nitrogens with one attached hydrogen (secondary N) is 2. The molecule has 1 aliphatic carbocycles. The zero-order valence-electron chi connectivity index (χ0n) is 14.0. The predicted molar refractivity (Wildman–Crippen MR) is 96.3 cm³/mol. The van der Waals surface area contributed by atoms with E-state index in [0.29, 0.717) is 5.92 Å². The maximum atomic E-state index is 13.8. The van der Waals surface area contributed by atoms with Gasteiger partial charge < -0.3 is 5.32 Å². The normalized spacial score (nSPS) is 15.0. The summed E-state index contributed by atoms with van der Waals surface area (Å²) in [4.78, 5) is 25.3. The van der Waals surface area contributed by atoms with E-state index in [2.05, 4.69) is 15.5 Å². The van der Waals surface area contributed by atoms with Crippen molar-refractivity contribution < 1.29 is 9.18 Å². The molecular formula is C20H18FN3O2. The van der Waals surface area contributed by atoms with Crippen molar-refractivity contribution in [3.05, 3.63) is 75.8 Å². The minimum Gasteiger partial charge on any atom is -0.344 e.